The van der Waals surface area contributed by atoms with Gasteiger partial charge in [-0.15, -0.1) is 0 Å². The number of rotatable bonds is 12. The summed E-state index contributed by atoms with van der Waals surface area (Å²) in [6.07, 6.45) is 1.39. The molecule has 1 fully saturated rings. The highest BCUT2D eigenvalue weighted by atomic mass is 31.2. The molecule has 1 aliphatic rings. The van der Waals surface area contributed by atoms with Crippen molar-refractivity contribution in [2.24, 2.45) is 0 Å². The van der Waals surface area contributed by atoms with Crippen LogP contribution in [0.3, 0.4) is 0 Å². The molecule has 0 saturated carbocycles. The molecule has 1 saturated heterocycles. The second kappa shape index (κ2) is 13.7. The van der Waals surface area contributed by atoms with Gasteiger partial charge in [0.15, 0.2) is 17.0 Å². The summed E-state index contributed by atoms with van der Waals surface area (Å²) in [6.45, 7) is 4.64. The van der Waals surface area contributed by atoms with E-state index in [0.717, 1.165) is 0 Å². The van der Waals surface area contributed by atoms with Gasteiger partial charge in [0.1, 0.15) is 24.8 Å². The van der Waals surface area contributed by atoms with E-state index in [0.29, 0.717) is 41.9 Å². The standard InChI is InChI=1S/C28H30N5O7P/c1-3-36-41(37-4-2)38-16-22-21(40-28(35)20-13-9-6-10-14-20)15-23(39-22)33-18-31-24-25(29-17-30-26(24)33)32-27(34)19-11-7-5-8-12-19/h5-14,17-18,21-23H,3-4,15-16H2,1-2H3,(H,29,30,32,34)/t21-,22+,23+/m0/s1. The lowest BCUT2D eigenvalue weighted by Gasteiger charge is -2.21. The number of ether oxygens (including phenoxy) is 2. The summed E-state index contributed by atoms with van der Waals surface area (Å²) in [5.41, 5.74) is 1.77. The van der Waals surface area contributed by atoms with Crippen LogP contribution in [0.5, 0.6) is 0 Å². The first-order valence-corrected chi connectivity index (χ1v) is 14.3. The average molecular weight is 580 g/mol. The van der Waals surface area contributed by atoms with E-state index in [2.05, 4.69) is 20.3 Å². The molecule has 0 spiro atoms. The molecular weight excluding hydrogens is 549 g/mol. The molecule has 3 heterocycles. The maximum atomic E-state index is 12.9. The smallest absolute Gasteiger partial charge is 0.338 e. The molecule has 1 aliphatic heterocycles. The summed E-state index contributed by atoms with van der Waals surface area (Å²) in [5, 5.41) is 2.80. The number of hydrogen-bond donors (Lipinski definition) is 1. The number of amides is 1. The lowest BCUT2D eigenvalue weighted by molar-refractivity contribution is -0.0484. The van der Waals surface area contributed by atoms with Crippen LogP contribution in [0.1, 0.15) is 47.2 Å². The number of anilines is 1. The summed E-state index contributed by atoms with van der Waals surface area (Å²) < 4.78 is 30.9. The van der Waals surface area contributed by atoms with Gasteiger partial charge in [-0.2, -0.15) is 0 Å². The van der Waals surface area contributed by atoms with Crippen molar-refractivity contribution in [3.63, 3.8) is 0 Å². The first-order valence-electron chi connectivity index (χ1n) is 13.2. The highest BCUT2D eigenvalue weighted by molar-refractivity contribution is 7.41. The van der Waals surface area contributed by atoms with Crippen LogP contribution in [0.25, 0.3) is 11.2 Å². The third-order valence-electron chi connectivity index (χ3n) is 6.20. The fourth-order valence-corrected chi connectivity index (χ4v) is 5.22. The average Bonchev–Trinajstić information content (AvgIpc) is 3.61. The molecule has 4 aromatic rings. The zero-order chi connectivity index (χ0) is 28.6. The summed E-state index contributed by atoms with van der Waals surface area (Å²) in [5.74, 6) is -0.514. The molecule has 3 atom stereocenters. The number of aromatic nitrogens is 4. The lowest BCUT2D eigenvalue weighted by Crippen LogP contribution is -2.31. The molecule has 5 rings (SSSR count). The van der Waals surface area contributed by atoms with Crippen LogP contribution in [0.4, 0.5) is 5.82 Å². The minimum atomic E-state index is -1.58. The van der Waals surface area contributed by atoms with Gasteiger partial charge in [0.05, 0.1) is 31.7 Å². The Bertz CT molecular complexity index is 1450. The molecule has 13 heteroatoms. The summed E-state index contributed by atoms with van der Waals surface area (Å²) in [6, 6.07) is 17.6. The number of esters is 1. The van der Waals surface area contributed by atoms with Crippen LogP contribution in [0, 0.1) is 0 Å². The van der Waals surface area contributed by atoms with Crippen molar-refractivity contribution in [3.05, 3.63) is 84.4 Å². The Morgan fingerprint density at radius 1 is 0.951 bits per heavy atom. The number of benzene rings is 2. The van der Waals surface area contributed by atoms with E-state index >= 15 is 0 Å². The molecule has 0 bridgehead atoms. The number of carbonyl (C=O) groups excluding carboxylic acids is 2. The molecule has 0 radical (unpaired) electrons. The molecule has 1 N–H and O–H groups in total. The van der Waals surface area contributed by atoms with Gasteiger partial charge in [-0.25, -0.2) is 19.7 Å². The lowest BCUT2D eigenvalue weighted by atomic mass is 10.1. The number of carbonyl (C=O) groups is 2. The molecular formula is C28H30N5O7P. The normalized spacial score (nSPS) is 18.6. The van der Waals surface area contributed by atoms with Crippen molar-refractivity contribution in [2.75, 3.05) is 25.1 Å². The Morgan fingerprint density at radius 2 is 1.63 bits per heavy atom. The predicted molar refractivity (Wildman–Crippen MR) is 150 cm³/mol. The molecule has 12 nitrogen and oxygen atoms in total. The Hall–Kier alpha value is -3.80. The fourth-order valence-electron chi connectivity index (χ4n) is 4.31. The number of fused-ring (bicyclic) bond motifs is 1. The van der Waals surface area contributed by atoms with Crippen LogP contribution in [0.15, 0.2) is 73.3 Å². The van der Waals surface area contributed by atoms with Crippen LogP contribution in [0.2, 0.25) is 0 Å². The van der Waals surface area contributed by atoms with Gasteiger partial charge in [-0.1, -0.05) is 36.4 Å². The van der Waals surface area contributed by atoms with Gasteiger partial charge in [0.25, 0.3) is 5.91 Å². The van der Waals surface area contributed by atoms with E-state index in [-0.39, 0.29) is 18.3 Å². The zero-order valence-electron chi connectivity index (χ0n) is 22.6. The van der Waals surface area contributed by atoms with E-state index in [1.165, 1.54) is 6.33 Å². The predicted octanol–water partition coefficient (Wildman–Crippen LogP) is 4.91. The zero-order valence-corrected chi connectivity index (χ0v) is 23.5. The molecule has 1 amide bonds. The molecule has 41 heavy (non-hydrogen) atoms. The van der Waals surface area contributed by atoms with E-state index in [9.17, 15) is 9.59 Å². The Labute approximate surface area is 238 Å². The van der Waals surface area contributed by atoms with Crippen molar-refractivity contribution in [3.8, 4) is 0 Å². The van der Waals surface area contributed by atoms with Crippen LogP contribution in [-0.2, 0) is 23.0 Å². The van der Waals surface area contributed by atoms with Crippen LogP contribution >= 0.6 is 8.60 Å². The van der Waals surface area contributed by atoms with Crippen molar-refractivity contribution in [1.82, 2.24) is 19.5 Å². The summed E-state index contributed by atoms with van der Waals surface area (Å²) in [7, 11) is -1.58. The number of imidazole rings is 1. The second-order valence-corrected chi connectivity index (χ2v) is 10.1. The SMILES string of the molecule is CCOP(OCC)OC[C@H]1O[C@@H](n2cnc3c(NC(=O)c4ccccc4)ncnc32)C[C@@H]1OC(=O)c1ccccc1. The van der Waals surface area contributed by atoms with Gasteiger partial charge in [0.2, 0.25) is 0 Å². The minimum absolute atomic E-state index is 0.0783. The van der Waals surface area contributed by atoms with Crippen molar-refractivity contribution >= 4 is 37.5 Å². The van der Waals surface area contributed by atoms with Gasteiger partial charge in [-0.05, 0) is 38.1 Å². The minimum Gasteiger partial charge on any atom is -0.456 e. The fraction of sp³-hybridized carbons (Fsp3) is 0.321. The monoisotopic (exact) mass is 579 g/mol. The molecule has 0 unspecified atom stereocenters. The maximum Gasteiger partial charge on any atom is 0.338 e. The van der Waals surface area contributed by atoms with Crippen molar-refractivity contribution < 1.29 is 32.6 Å². The van der Waals surface area contributed by atoms with E-state index in [4.69, 9.17) is 23.0 Å². The quantitative estimate of drug-likeness (QED) is 0.182. The van der Waals surface area contributed by atoms with Gasteiger partial charge in [0, 0.05) is 12.0 Å². The van der Waals surface area contributed by atoms with Gasteiger partial charge < -0.3 is 28.4 Å². The highest BCUT2D eigenvalue weighted by Gasteiger charge is 2.40. The maximum absolute atomic E-state index is 12.9. The molecule has 0 aliphatic carbocycles. The highest BCUT2D eigenvalue weighted by Crippen LogP contribution is 2.41. The Morgan fingerprint density at radius 3 is 2.32 bits per heavy atom. The van der Waals surface area contributed by atoms with Gasteiger partial charge in [-0.3, -0.25) is 9.36 Å². The molecule has 2 aromatic heterocycles. The Balaban J connectivity index is 1.36. The molecule has 2 aromatic carbocycles. The van der Waals surface area contributed by atoms with Crippen molar-refractivity contribution in [2.45, 2.75) is 38.7 Å². The van der Waals surface area contributed by atoms with E-state index < -0.39 is 33.0 Å². The number of hydrogen-bond acceptors (Lipinski definition) is 10. The summed E-state index contributed by atoms with van der Waals surface area (Å²) >= 11 is 0. The second-order valence-electron chi connectivity index (χ2n) is 8.90. The van der Waals surface area contributed by atoms with Crippen molar-refractivity contribution in [1.29, 1.82) is 0 Å². The summed E-state index contributed by atoms with van der Waals surface area (Å²) in [4.78, 5) is 38.7. The number of nitrogens with zero attached hydrogens (tertiary/aromatic N) is 4. The number of nitrogens with one attached hydrogen (secondary N) is 1. The molecule has 214 valence electrons. The third kappa shape index (κ3) is 6.92. The first-order chi connectivity index (χ1) is 20.1. The third-order valence-corrected chi connectivity index (χ3v) is 7.50. The van der Waals surface area contributed by atoms with E-state index in [1.807, 2.05) is 26.0 Å². The van der Waals surface area contributed by atoms with Crippen LogP contribution in [-0.4, -0.2) is 63.4 Å². The van der Waals surface area contributed by atoms with Crippen LogP contribution < -0.4 is 5.32 Å². The van der Waals surface area contributed by atoms with Gasteiger partial charge >= 0.3 is 14.6 Å². The Kier molecular flexibility index (Phi) is 9.60. The topological polar surface area (TPSA) is 136 Å². The first kappa shape index (κ1) is 28.7. The largest absolute Gasteiger partial charge is 0.456 e. The van der Waals surface area contributed by atoms with E-state index in [1.54, 1.807) is 59.4 Å².